The van der Waals surface area contributed by atoms with Crippen LogP contribution in [0.2, 0.25) is 0 Å². The third kappa shape index (κ3) is 3.99. The predicted molar refractivity (Wildman–Crippen MR) is 109 cm³/mol. The fraction of sp³-hybridized carbons (Fsp3) is 0.318. The van der Waals surface area contributed by atoms with Crippen LogP contribution in [0.1, 0.15) is 59.6 Å². The highest BCUT2D eigenvalue weighted by molar-refractivity contribution is 5.93. The van der Waals surface area contributed by atoms with E-state index in [1.807, 2.05) is 37.3 Å². The third-order valence-corrected chi connectivity index (χ3v) is 5.43. The Morgan fingerprint density at radius 1 is 1.21 bits per heavy atom. The summed E-state index contributed by atoms with van der Waals surface area (Å²) in [6, 6.07) is 10.8. The maximum atomic E-state index is 13.5. The Labute approximate surface area is 168 Å². The lowest BCUT2D eigenvalue weighted by atomic mass is 9.87. The molecule has 4 rings (SSSR count). The summed E-state index contributed by atoms with van der Waals surface area (Å²) in [5, 5.41) is 17.4. The van der Waals surface area contributed by atoms with Gasteiger partial charge in [-0.25, -0.2) is 18.9 Å². The number of aromatic nitrogens is 3. The van der Waals surface area contributed by atoms with E-state index in [1.54, 1.807) is 4.68 Å². The van der Waals surface area contributed by atoms with Crippen molar-refractivity contribution in [1.29, 1.82) is 0 Å². The van der Waals surface area contributed by atoms with Crippen molar-refractivity contribution >= 4 is 17.6 Å². The first-order valence-electron chi connectivity index (χ1n) is 9.85. The lowest BCUT2D eigenvalue weighted by Crippen LogP contribution is -2.09. The van der Waals surface area contributed by atoms with Crippen LogP contribution in [-0.4, -0.2) is 25.8 Å². The van der Waals surface area contributed by atoms with E-state index < -0.39 is 11.8 Å². The summed E-state index contributed by atoms with van der Waals surface area (Å²) in [6.07, 6.45) is 6.83. The number of nitrogens with zero attached hydrogens (tertiary/aromatic N) is 3. The molecule has 0 unspecified atom stereocenters. The molecular weight excluding hydrogens is 371 g/mol. The van der Waals surface area contributed by atoms with Gasteiger partial charge in [0, 0.05) is 12.0 Å². The summed E-state index contributed by atoms with van der Waals surface area (Å²) in [5.41, 5.74) is 2.70. The number of hydrogen-bond acceptors (Lipinski definition) is 4. The number of halogens is 1. The average Bonchev–Trinajstić information content (AvgIpc) is 3.14. The maximum Gasteiger partial charge on any atom is 0.339 e. The zero-order chi connectivity index (χ0) is 20.4. The number of carboxylic acid groups (broad SMARTS) is 1. The van der Waals surface area contributed by atoms with Crippen LogP contribution in [0.25, 0.3) is 5.69 Å². The molecule has 0 radical (unpaired) electrons. The second kappa shape index (κ2) is 8.03. The molecule has 6 nitrogen and oxygen atoms in total. The molecule has 2 N–H and O–H groups in total. The topological polar surface area (TPSA) is 80.0 Å². The summed E-state index contributed by atoms with van der Waals surface area (Å²) >= 11 is 0. The van der Waals surface area contributed by atoms with Crippen molar-refractivity contribution in [2.75, 3.05) is 5.32 Å². The normalized spacial score (nSPS) is 14.7. The number of nitrogens with one attached hydrogen (secondary N) is 1. The maximum absolute atomic E-state index is 13.5. The molecule has 2 aromatic heterocycles. The van der Waals surface area contributed by atoms with E-state index >= 15 is 0 Å². The van der Waals surface area contributed by atoms with Crippen LogP contribution in [-0.2, 0) is 0 Å². The molecule has 1 aliphatic rings. The fourth-order valence-electron chi connectivity index (χ4n) is 3.89. The van der Waals surface area contributed by atoms with Crippen LogP contribution in [0.15, 0.2) is 42.6 Å². The number of benzene rings is 1. The highest BCUT2D eigenvalue weighted by Crippen LogP contribution is 2.35. The zero-order valence-electron chi connectivity index (χ0n) is 16.2. The minimum Gasteiger partial charge on any atom is -0.478 e. The average molecular weight is 394 g/mol. The summed E-state index contributed by atoms with van der Waals surface area (Å²) in [5.74, 6) is -0.850. The van der Waals surface area contributed by atoms with Crippen LogP contribution in [0.5, 0.6) is 0 Å². The fourth-order valence-corrected chi connectivity index (χ4v) is 3.89. The van der Waals surface area contributed by atoms with Gasteiger partial charge < -0.3 is 10.4 Å². The van der Waals surface area contributed by atoms with Gasteiger partial charge in [0.1, 0.15) is 23.0 Å². The van der Waals surface area contributed by atoms with E-state index in [0.29, 0.717) is 11.7 Å². The molecule has 150 valence electrons. The van der Waals surface area contributed by atoms with E-state index in [2.05, 4.69) is 10.3 Å². The molecule has 1 aliphatic carbocycles. The van der Waals surface area contributed by atoms with Gasteiger partial charge in [-0.05, 0) is 37.5 Å². The molecule has 0 atom stereocenters. The van der Waals surface area contributed by atoms with Crippen molar-refractivity contribution in [2.24, 2.45) is 0 Å². The molecular formula is C22H23FN4O2. The third-order valence-electron chi connectivity index (χ3n) is 5.43. The SMILES string of the molecule is Cc1ccccc1-n1nc(C2CCCCC2)cc1Nc1ncc(F)cc1C(=O)O. The lowest BCUT2D eigenvalue weighted by molar-refractivity contribution is 0.0697. The number of pyridine rings is 1. The summed E-state index contributed by atoms with van der Waals surface area (Å²) in [7, 11) is 0. The number of rotatable bonds is 5. The van der Waals surface area contributed by atoms with Gasteiger partial charge in [-0.1, -0.05) is 37.5 Å². The van der Waals surface area contributed by atoms with Crippen LogP contribution in [0.3, 0.4) is 0 Å². The Morgan fingerprint density at radius 3 is 2.69 bits per heavy atom. The highest BCUT2D eigenvalue weighted by Gasteiger charge is 2.22. The van der Waals surface area contributed by atoms with Gasteiger partial charge >= 0.3 is 5.97 Å². The van der Waals surface area contributed by atoms with Gasteiger partial charge in [-0.3, -0.25) is 0 Å². The molecule has 3 aromatic rings. The molecule has 0 bridgehead atoms. The molecule has 1 fully saturated rings. The van der Waals surface area contributed by atoms with Crippen LogP contribution in [0, 0.1) is 12.7 Å². The van der Waals surface area contributed by atoms with Crippen molar-refractivity contribution < 1.29 is 14.3 Å². The first kappa shape index (κ1) is 19.1. The molecule has 0 aliphatic heterocycles. The Morgan fingerprint density at radius 2 is 1.97 bits per heavy atom. The number of carbonyl (C=O) groups is 1. The monoisotopic (exact) mass is 394 g/mol. The van der Waals surface area contributed by atoms with Crippen molar-refractivity contribution in [1.82, 2.24) is 14.8 Å². The van der Waals surface area contributed by atoms with Crippen LogP contribution < -0.4 is 5.32 Å². The Kier molecular flexibility index (Phi) is 5.29. The Balaban J connectivity index is 1.78. The number of aryl methyl sites for hydroxylation is 1. The van der Waals surface area contributed by atoms with Gasteiger partial charge in [0.15, 0.2) is 0 Å². The predicted octanol–water partition coefficient (Wildman–Crippen LogP) is 5.20. The molecule has 2 heterocycles. The standard InChI is InChI=1S/C22H23FN4O2/c1-14-7-5-6-10-19(14)27-20(12-18(26-27)15-8-3-2-4-9-15)25-21-17(22(28)29)11-16(23)13-24-21/h5-7,10-13,15H,2-4,8-9H2,1H3,(H,24,25)(H,28,29). The number of para-hydroxylation sites is 1. The first-order chi connectivity index (χ1) is 14.0. The van der Waals surface area contributed by atoms with Crippen molar-refractivity contribution in [2.45, 2.75) is 44.9 Å². The molecule has 1 aromatic carbocycles. The van der Waals surface area contributed by atoms with E-state index in [0.717, 1.165) is 42.0 Å². The number of aromatic carboxylic acids is 1. The molecule has 29 heavy (non-hydrogen) atoms. The molecule has 7 heteroatoms. The first-order valence-corrected chi connectivity index (χ1v) is 9.85. The summed E-state index contributed by atoms with van der Waals surface area (Å²) in [4.78, 5) is 15.5. The van der Waals surface area contributed by atoms with Gasteiger partial charge in [-0.15, -0.1) is 0 Å². The van der Waals surface area contributed by atoms with E-state index in [9.17, 15) is 14.3 Å². The van der Waals surface area contributed by atoms with Crippen LogP contribution in [0.4, 0.5) is 16.0 Å². The van der Waals surface area contributed by atoms with E-state index in [1.165, 1.54) is 19.3 Å². The van der Waals surface area contributed by atoms with Gasteiger partial charge in [0.2, 0.25) is 0 Å². The van der Waals surface area contributed by atoms with Gasteiger partial charge in [0.05, 0.1) is 17.6 Å². The minimum atomic E-state index is -1.24. The second-order valence-electron chi connectivity index (χ2n) is 7.47. The lowest BCUT2D eigenvalue weighted by Gasteiger charge is -2.19. The zero-order valence-corrected chi connectivity index (χ0v) is 16.2. The molecule has 0 saturated heterocycles. The van der Waals surface area contributed by atoms with E-state index in [4.69, 9.17) is 5.10 Å². The molecule has 0 amide bonds. The number of carboxylic acids is 1. The minimum absolute atomic E-state index is 0.0869. The summed E-state index contributed by atoms with van der Waals surface area (Å²) in [6.45, 7) is 2.00. The van der Waals surface area contributed by atoms with Gasteiger partial charge in [0.25, 0.3) is 0 Å². The quantitative estimate of drug-likeness (QED) is 0.621. The van der Waals surface area contributed by atoms with Crippen molar-refractivity contribution in [3.8, 4) is 5.69 Å². The van der Waals surface area contributed by atoms with Gasteiger partial charge in [-0.2, -0.15) is 5.10 Å². The molecule has 0 spiro atoms. The Hall–Kier alpha value is -3.22. The number of hydrogen-bond donors (Lipinski definition) is 2. The largest absolute Gasteiger partial charge is 0.478 e. The molecule has 1 saturated carbocycles. The Bertz CT molecular complexity index is 1040. The van der Waals surface area contributed by atoms with Crippen LogP contribution >= 0.6 is 0 Å². The van der Waals surface area contributed by atoms with Crippen molar-refractivity contribution in [3.63, 3.8) is 0 Å². The number of anilines is 2. The highest BCUT2D eigenvalue weighted by atomic mass is 19.1. The summed E-state index contributed by atoms with van der Waals surface area (Å²) < 4.78 is 15.3. The van der Waals surface area contributed by atoms with E-state index in [-0.39, 0.29) is 11.4 Å². The smallest absolute Gasteiger partial charge is 0.339 e. The van der Waals surface area contributed by atoms with Crippen molar-refractivity contribution in [3.05, 3.63) is 65.2 Å². The second-order valence-corrected chi connectivity index (χ2v) is 7.47.